The largest absolute Gasteiger partial charge is 0.477 e. The van der Waals surface area contributed by atoms with E-state index in [0.717, 1.165) is 30.5 Å². The third-order valence-electron chi connectivity index (χ3n) is 3.96. The van der Waals surface area contributed by atoms with E-state index in [0.29, 0.717) is 19.8 Å². The highest BCUT2D eigenvalue weighted by atomic mass is 16.7. The highest BCUT2D eigenvalue weighted by Crippen LogP contribution is 2.24. The van der Waals surface area contributed by atoms with Crippen LogP contribution in [0.5, 0.6) is 0 Å². The number of carbonyl (C=O) groups is 1. The number of aromatic nitrogens is 1. The minimum atomic E-state index is -1.50. The number of rotatable bonds is 8. The third kappa shape index (κ3) is 5.28. The van der Waals surface area contributed by atoms with Crippen molar-refractivity contribution in [3.63, 3.8) is 0 Å². The molecule has 0 amide bonds. The van der Waals surface area contributed by atoms with Gasteiger partial charge >= 0.3 is 5.97 Å². The molecule has 1 fully saturated rings. The van der Waals surface area contributed by atoms with E-state index in [1.165, 1.54) is 6.92 Å². The molecule has 0 radical (unpaired) electrons. The van der Waals surface area contributed by atoms with Crippen molar-refractivity contribution in [1.82, 2.24) is 4.98 Å². The van der Waals surface area contributed by atoms with Gasteiger partial charge in [-0.1, -0.05) is 5.16 Å². The van der Waals surface area contributed by atoms with Crippen molar-refractivity contribution < 1.29 is 24.2 Å². The van der Waals surface area contributed by atoms with Crippen LogP contribution in [0, 0.1) is 5.92 Å². The van der Waals surface area contributed by atoms with Crippen LogP contribution in [0.2, 0.25) is 0 Å². The molecule has 0 aromatic carbocycles. The topological polar surface area (TPSA) is 90.2 Å². The second kappa shape index (κ2) is 8.75. The van der Waals surface area contributed by atoms with Crippen LogP contribution >= 0.6 is 0 Å². The minimum absolute atomic E-state index is 0.220. The molecule has 7 nitrogen and oxygen atoms in total. The number of ether oxygens (including phenoxy) is 2. The van der Waals surface area contributed by atoms with Crippen molar-refractivity contribution in [3.8, 4) is 0 Å². The quantitative estimate of drug-likeness (QED) is 0.445. The van der Waals surface area contributed by atoms with Gasteiger partial charge in [0.25, 0.3) is 5.79 Å². The summed E-state index contributed by atoms with van der Waals surface area (Å²) in [5, 5.41) is 13.1. The molecular weight excluding hydrogens is 312 g/mol. The fourth-order valence-corrected chi connectivity index (χ4v) is 2.31. The first-order valence-corrected chi connectivity index (χ1v) is 8.09. The Morgan fingerprint density at radius 3 is 2.83 bits per heavy atom. The number of unbranched alkanes of at least 4 members (excludes halogenated alkanes) is 1. The molecule has 0 saturated carbocycles. The third-order valence-corrected chi connectivity index (χ3v) is 3.96. The summed E-state index contributed by atoms with van der Waals surface area (Å²) in [6, 6.07) is 3.79. The molecule has 0 aliphatic carbocycles. The van der Waals surface area contributed by atoms with Crippen LogP contribution in [0.3, 0.4) is 0 Å². The summed E-state index contributed by atoms with van der Waals surface area (Å²) in [5.74, 6) is -2.37. The zero-order chi connectivity index (χ0) is 17.4. The molecule has 2 rings (SSSR count). The predicted molar refractivity (Wildman–Crippen MR) is 87.7 cm³/mol. The van der Waals surface area contributed by atoms with Crippen LogP contribution in [-0.2, 0) is 19.1 Å². The molecule has 132 valence electrons. The average Bonchev–Trinajstić information content (AvgIpc) is 2.60. The van der Waals surface area contributed by atoms with Gasteiger partial charge in [-0.25, -0.2) is 4.79 Å². The maximum absolute atomic E-state index is 11.0. The molecule has 1 aromatic rings. The number of hydrogen-bond donors (Lipinski definition) is 1. The Morgan fingerprint density at radius 1 is 1.46 bits per heavy atom. The Morgan fingerprint density at radius 2 is 2.21 bits per heavy atom. The Kier molecular flexibility index (Phi) is 6.69. The molecule has 1 aliphatic rings. The molecule has 0 unspecified atom stereocenters. The summed E-state index contributed by atoms with van der Waals surface area (Å²) in [5.41, 5.74) is 1.74. The summed E-state index contributed by atoms with van der Waals surface area (Å²) >= 11 is 0. The lowest BCUT2D eigenvalue weighted by molar-refractivity contribution is -0.271. The average molecular weight is 336 g/mol. The van der Waals surface area contributed by atoms with Gasteiger partial charge < -0.3 is 19.4 Å². The molecule has 1 aromatic heterocycles. The van der Waals surface area contributed by atoms with Gasteiger partial charge in [-0.15, -0.1) is 0 Å². The first kappa shape index (κ1) is 18.4. The van der Waals surface area contributed by atoms with E-state index in [4.69, 9.17) is 19.4 Å². The summed E-state index contributed by atoms with van der Waals surface area (Å²) < 4.78 is 10.6. The second-order valence-electron chi connectivity index (χ2n) is 5.99. The maximum Gasteiger partial charge on any atom is 0.364 e. The number of carboxylic acids is 1. The monoisotopic (exact) mass is 336 g/mol. The molecule has 2 heterocycles. The summed E-state index contributed by atoms with van der Waals surface area (Å²) in [4.78, 5) is 20.4. The number of oxime groups is 1. The zero-order valence-corrected chi connectivity index (χ0v) is 14.1. The highest BCUT2D eigenvalue weighted by molar-refractivity contribution is 5.97. The van der Waals surface area contributed by atoms with E-state index in [9.17, 15) is 4.79 Å². The van der Waals surface area contributed by atoms with Crippen molar-refractivity contribution >= 4 is 11.7 Å². The van der Waals surface area contributed by atoms with Gasteiger partial charge in [-0.05, 0) is 38.3 Å². The van der Waals surface area contributed by atoms with Crippen molar-refractivity contribution in [2.24, 2.45) is 11.1 Å². The van der Waals surface area contributed by atoms with E-state index in [-0.39, 0.29) is 5.92 Å². The van der Waals surface area contributed by atoms with Gasteiger partial charge in [-0.2, -0.15) is 0 Å². The molecule has 0 atom stereocenters. The lowest BCUT2D eigenvalue weighted by Gasteiger charge is -2.34. The number of pyridine rings is 1. The zero-order valence-electron chi connectivity index (χ0n) is 14.1. The molecule has 0 spiro atoms. The maximum atomic E-state index is 11.0. The predicted octanol–water partition coefficient (Wildman–Crippen LogP) is 2.46. The highest BCUT2D eigenvalue weighted by Gasteiger charge is 2.40. The number of carboxylic acid groups (broad SMARTS) is 1. The normalized spacial score (nSPS) is 24.6. The van der Waals surface area contributed by atoms with Crippen LogP contribution in [-0.4, -0.2) is 47.4 Å². The van der Waals surface area contributed by atoms with Gasteiger partial charge in [0.1, 0.15) is 6.61 Å². The van der Waals surface area contributed by atoms with E-state index < -0.39 is 11.8 Å². The number of aliphatic carboxylic acids is 1. The standard InChI is InChI=1S/C17H24N2O5/c1-13(15-7-5-8-18-10-15)19-24-9-4-3-6-14-11-22-17(2,16(20)21)23-12-14/h5,7-8,10,14H,3-4,6,9,11-12H2,1-2H3,(H,20,21)/b19-13-. The van der Waals surface area contributed by atoms with Crippen molar-refractivity contribution in [2.75, 3.05) is 19.8 Å². The molecule has 24 heavy (non-hydrogen) atoms. The second-order valence-corrected chi connectivity index (χ2v) is 5.99. The molecule has 1 N–H and O–H groups in total. The molecule has 7 heteroatoms. The first-order valence-electron chi connectivity index (χ1n) is 8.09. The smallest absolute Gasteiger partial charge is 0.364 e. The Labute approximate surface area is 141 Å². The SMILES string of the molecule is C/C(=N/OCCCCC1COC(C)(C(=O)O)OC1)c1cccnc1. The lowest BCUT2D eigenvalue weighted by Crippen LogP contribution is -2.47. The van der Waals surface area contributed by atoms with Crippen molar-refractivity contribution in [1.29, 1.82) is 0 Å². The Balaban J connectivity index is 1.59. The molecule has 0 bridgehead atoms. The van der Waals surface area contributed by atoms with E-state index in [1.807, 2.05) is 19.1 Å². The van der Waals surface area contributed by atoms with Crippen LogP contribution in [0.15, 0.2) is 29.7 Å². The number of nitrogens with zero attached hydrogens (tertiary/aromatic N) is 2. The van der Waals surface area contributed by atoms with Gasteiger partial charge in [-0.3, -0.25) is 4.98 Å². The molecule has 1 aliphatic heterocycles. The summed E-state index contributed by atoms with van der Waals surface area (Å²) in [6.07, 6.45) is 6.19. The summed E-state index contributed by atoms with van der Waals surface area (Å²) in [6.45, 7) is 4.66. The van der Waals surface area contributed by atoms with Gasteiger partial charge in [0.2, 0.25) is 0 Å². The van der Waals surface area contributed by atoms with Gasteiger partial charge in [0.05, 0.1) is 18.9 Å². The molecule has 1 saturated heterocycles. The lowest BCUT2D eigenvalue weighted by atomic mass is 10.0. The fourth-order valence-electron chi connectivity index (χ4n) is 2.31. The minimum Gasteiger partial charge on any atom is -0.477 e. The van der Waals surface area contributed by atoms with Crippen molar-refractivity contribution in [2.45, 2.75) is 38.9 Å². The van der Waals surface area contributed by atoms with Gasteiger partial charge in [0.15, 0.2) is 0 Å². The van der Waals surface area contributed by atoms with Crippen LogP contribution in [0.1, 0.15) is 38.7 Å². The van der Waals surface area contributed by atoms with E-state index in [2.05, 4.69) is 10.1 Å². The fraction of sp³-hybridized carbons (Fsp3) is 0.588. The van der Waals surface area contributed by atoms with Crippen molar-refractivity contribution in [3.05, 3.63) is 30.1 Å². The van der Waals surface area contributed by atoms with E-state index in [1.54, 1.807) is 12.4 Å². The Hall–Kier alpha value is -1.99. The molecular formula is C17H24N2O5. The van der Waals surface area contributed by atoms with Crippen LogP contribution in [0.25, 0.3) is 0 Å². The number of hydrogen-bond acceptors (Lipinski definition) is 6. The van der Waals surface area contributed by atoms with Crippen LogP contribution in [0.4, 0.5) is 0 Å². The van der Waals surface area contributed by atoms with Gasteiger partial charge in [0, 0.05) is 30.8 Å². The first-order chi connectivity index (χ1) is 11.5. The van der Waals surface area contributed by atoms with E-state index >= 15 is 0 Å². The summed E-state index contributed by atoms with van der Waals surface area (Å²) in [7, 11) is 0. The van der Waals surface area contributed by atoms with Crippen LogP contribution < -0.4 is 0 Å². The Bertz CT molecular complexity index is 553.